The number of halogens is 2. The molecule has 5 heteroatoms. The van der Waals surface area contributed by atoms with Crippen LogP contribution in [0.3, 0.4) is 0 Å². The zero-order valence-corrected chi connectivity index (χ0v) is 13.9. The molecule has 3 aromatic rings. The molecule has 0 unspecified atom stereocenters. The molecule has 0 saturated heterocycles. The highest BCUT2D eigenvalue weighted by molar-refractivity contribution is 9.10. The van der Waals surface area contributed by atoms with E-state index >= 15 is 0 Å². The summed E-state index contributed by atoms with van der Waals surface area (Å²) >= 11 is 3.52. The van der Waals surface area contributed by atoms with Crippen molar-refractivity contribution in [1.82, 2.24) is 9.78 Å². The van der Waals surface area contributed by atoms with Crippen LogP contribution in [0.4, 0.5) is 15.8 Å². The second-order valence-electron chi connectivity index (χ2n) is 5.13. The van der Waals surface area contributed by atoms with E-state index < -0.39 is 0 Å². The second-order valence-corrected chi connectivity index (χ2v) is 5.98. The minimum atomic E-state index is -0.226. The molecule has 0 radical (unpaired) electrons. The van der Waals surface area contributed by atoms with Crippen LogP contribution < -0.4 is 5.32 Å². The number of nitrogens with zero attached hydrogens (tertiary/aromatic N) is 2. The molecule has 0 fully saturated rings. The number of nitrogens with one attached hydrogen (secondary N) is 1. The molecule has 0 aliphatic carbocycles. The number of anilines is 2. The standard InChI is InChI=1S/C17H15BrFN3/c1-11-8-13(19)6-7-16(11)21-14-5-3-4-12(9-14)17-15(18)10-20-22(17)2/h3-10,21H,1-2H3. The Kier molecular flexibility index (Phi) is 3.98. The summed E-state index contributed by atoms with van der Waals surface area (Å²) in [5.74, 6) is -0.226. The minimum Gasteiger partial charge on any atom is -0.355 e. The molecule has 0 aliphatic rings. The molecule has 0 saturated carbocycles. The molecule has 1 aromatic heterocycles. The van der Waals surface area contributed by atoms with E-state index in [1.165, 1.54) is 12.1 Å². The monoisotopic (exact) mass is 359 g/mol. The molecule has 0 spiro atoms. The molecule has 3 nitrogen and oxygen atoms in total. The Balaban J connectivity index is 1.95. The van der Waals surface area contributed by atoms with E-state index in [9.17, 15) is 4.39 Å². The van der Waals surface area contributed by atoms with Gasteiger partial charge in [-0.2, -0.15) is 5.10 Å². The molecule has 112 valence electrons. The predicted octanol–water partition coefficient (Wildman–Crippen LogP) is 5.04. The van der Waals surface area contributed by atoms with Gasteiger partial charge in [0.25, 0.3) is 0 Å². The molecule has 0 amide bonds. The zero-order chi connectivity index (χ0) is 15.7. The van der Waals surface area contributed by atoms with Gasteiger partial charge in [-0.1, -0.05) is 12.1 Å². The van der Waals surface area contributed by atoms with Gasteiger partial charge in [0.15, 0.2) is 0 Å². The maximum atomic E-state index is 13.2. The Morgan fingerprint density at radius 2 is 2.00 bits per heavy atom. The molecular formula is C17H15BrFN3. The third kappa shape index (κ3) is 2.90. The van der Waals surface area contributed by atoms with Crippen molar-refractivity contribution >= 4 is 27.3 Å². The van der Waals surface area contributed by atoms with Crippen molar-refractivity contribution in [2.45, 2.75) is 6.92 Å². The number of aromatic nitrogens is 2. The lowest BCUT2D eigenvalue weighted by atomic mass is 10.1. The van der Waals surface area contributed by atoms with Gasteiger partial charge >= 0.3 is 0 Å². The largest absolute Gasteiger partial charge is 0.355 e. The first-order chi connectivity index (χ1) is 10.5. The molecule has 3 rings (SSSR count). The molecule has 1 N–H and O–H groups in total. The van der Waals surface area contributed by atoms with E-state index in [-0.39, 0.29) is 5.82 Å². The van der Waals surface area contributed by atoms with Crippen LogP contribution in [-0.4, -0.2) is 9.78 Å². The first-order valence-electron chi connectivity index (χ1n) is 6.86. The lowest BCUT2D eigenvalue weighted by Crippen LogP contribution is -1.96. The van der Waals surface area contributed by atoms with Crippen LogP contribution in [0.5, 0.6) is 0 Å². The van der Waals surface area contributed by atoms with Crippen molar-refractivity contribution in [2.24, 2.45) is 7.05 Å². The molecular weight excluding hydrogens is 345 g/mol. The van der Waals surface area contributed by atoms with E-state index in [1.807, 2.05) is 42.9 Å². The van der Waals surface area contributed by atoms with Gasteiger partial charge in [0.1, 0.15) is 5.82 Å². The first kappa shape index (κ1) is 14.8. The van der Waals surface area contributed by atoms with Gasteiger partial charge in [0.2, 0.25) is 0 Å². The van der Waals surface area contributed by atoms with Gasteiger partial charge in [0.05, 0.1) is 16.4 Å². The predicted molar refractivity (Wildman–Crippen MR) is 90.8 cm³/mol. The average Bonchev–Trinajstić information content (AvgIpc) is 2.81. The number of hydrogen-bond acceptors (Lipinski definition) is 2. The fourth-order valence-electron chi connectivity index (χ4n) is 2.40. The lowest BCUT2D eigenvalue weighted by molar-refractivity contribution is 0.627. The Bertz CT molecular complexity index is 807. The van der Waals surface area contributed by atoms with Gasteiger partial charge < -0.3 is 5.32 Å². The van der Waals surface area contributed by atoms with Gasteiger partial charge in [-0.25, -0.2) is 4.39 Å². The smallest absolute Gasteiger partial charge is 0.123 e. The van der Waals surface area contributed by atoms with Crippen molar-refractivity contribution in [3.63, 3.8) is 0 Å². The van der Waals surface area contributed by atoms with Crippen LogP contribution in [-0.2, 0) is 7.05 Å². The highest BCUT2D eigenvalue weighted by Gasteiger charge is 2.09. The van der Waals surface area contributed by atoms with Crippen molar-refractivity contribution in [2.75, 3.05) is 5.32 Å². The number of hydrogen-bond donors (Lipinski definition) is 1. The summed E-state index contributed by atoms with van der Waals surface area (Å²) in [6, 6.07) is 12.8. The Morgan fingerprint density at radius 3 is 2.68 bits per heavy atom. The van der Waals surface area contributed by atoms with E-state index in [0.717, 1.165) is 32.7 Å². The van der Waals surface area contributed by atoms with Crippen molar-refractivity contribution in [3.8, 4) is 11.3 Å². The van der Waals surface area contributed by atoms with E-state index in [2.05, 4.69) is 26.3 Å². The van der Waals surface area contributed by atoms with Crippen molar-refractivity contribution in [1.29, 1.82) is 0 Å². The van der Waals surface area contributed by atoms with Crippen molar-refractivity contribution in [3.05, 3.63) is 64.5 Å². The molecule has 0 aliphatic heterocycles. The molecule has 1 heterocycles. The summed E-state index contributed by atoms with van der Waals surface area (Å²) in [5.41, 5.74) is 4.77. The fraction of sp³-hybridized carbons (Fsp3) is 0.118. The van der Waals surface area contributed by atoms with Crippen LogP contribution in [0.25, 0.3) is 11.3 Å². The lowest BCUT2D eigenvalue weighted by Gasteiger charge is -2.11. The normalized spacial score (nSPS) is 10.7. The number of aryl methyl sites for hydroxylation is 2. The first-order valence-corrected chi connectivity index (χ1v) is 7.65. The SMILES string of the molecule is Cc1cc(F)ccc1Nc1cccc(-c2c(Br)cnn2C)c1. The van der Waals surface area contributed by atoms with Crippen LogP contribution in [0.2, 0.25) is 0 Å². The van der Waals surface area contributed by atoms with Gasteiger partial charge in [-0.3, -0.25) is 4.68 Å². The van der Waals surface area contributed by atoms with Crippen LogP contribution in [0, 0.1) is 12.7 Å². The second kappa shape index (κ2) is 5.93. The van der Waals surface area contributed by atoms with Crippen LogP contribution in [0.1, 0.15) is 5.56 Å². The summed E-state index contributed by atoms with van der Waals surface area (Å²) in [5, 5.41) is 7.57. The maximum Gasteiger partial charge on any atom is 0.123 e. The molecule has 22 heavy (non-hydrogen) atoms. The topological polar surface area (TPSA) is 29.9 Å². The highest BCUT2D eigenvalue weighted by atomic mass is 79.9. The Labute approximate surface area is 136 Å². The van der Waals surface area contributed by atoms with Crippen LogP contribution >= 0.6 is 15.9 Å². The zero-order valence-electron chi connectivity index (χ0n) is 12.3. The summed E-state index contributed by atoms with van der Waals surface area (Å²) in [6.45, 7) is 1.88. The van der Waals surface area contributed by atoms with Crippen LogP contribution in [0.15, 0.2) is 53.1 Å². The maximum absolute atomic E-state index is 13.2. The summed E-state index contributed by atoms with van der Waals surface area (Å²) in [6.07, 6.45) is 1.78. The average molecular weight is 360 g/mol. The van der Waals surface area contributed by atoms with Gasteiger partial charge in [-0.15, -0.1) is 0 Å². The molecule has 2 aromatic carbocycles. The molecule has 0 atom stereocenters. The van der Waals surface area contributed by atoms with E-state index in [1.54, 1.807) is 12.3 Å². The van der Waals surface area contributed by atoms with Gasteiger partial charge in [-0.05, 0) is 58.7 Å². The third-order valence-corrected chi connectivity index (χ3v) is 4.08. The Morgan fingerprint density at radius 1 is 1.18 bits per heavy atom. The fourth-order valence-corrected chi connectivity index (χ4v) is 2.98. The third-order valence-electron chi connectivity index (χ3n) is 3.50. The van der Waals surface area contributed by atoms with E-state index in [4.69, 9.17) is 0 Å². The summed E-state index contributed by atoms with van der Waals surface area (Å²) in [7, 11) is 1.91. The summed E-state index contributed by atoms with van der Waals surface area (Å²) in [4.78, 5) is 0. The molecule has 0 bridgehead atoms. The van der Waals surface area contributed by atoms with Gasteiger partial charge in [0, 0.05) is 24.0 Å². The quantitative estimate of drug-likeness (QED) is 0.709. The van der Waals surface area contributed by atoms with Crippen molar-refractivity contribution < 1.29 is 4.39 Å². The highest BCUT2D eigenvalue weighted by Crippen LogP contribution is 2.30. The Hall–Kier alpha value is -2.14. The number of rotatable bonds is 3. The minimum absolute atomic E-state index is 0.226. The number of benzene rings is 2. The van der Waals surface area contributed by atoms with E-state index in [0.29, 0.717) is 0 Å². The summed E-state index contributed by atoms with van der Waals surface area (Å²) < 4.78 is 16.0.